The summed E-state index contributed by atoms with van der Waals surface area (Å²) in [5.41, 5.74) is 4.74. The summed E-state index contributed by atoms with van der Waals surface area (Å²) in [4.78, 5) is 16.0. The Balaban J connectivity index is 1.46. The first-order valence-corrected chi connectivity index (χ1v) is 10.9. The van der Waals surface area contributed by atoms with E-state index in [0.717, 1.165) is 72.8 Å². The van der Waals surface area contributed by atoms with E-state index in [-0.39, 0.29) is 5.78 Å². The van der Waals surface area contributed by atoms with Gasteiger partial charge < -0.3 is 13.9 Å². The second-order valence-corrected chi connectivity index (χ2v) is 8.05. The summed E-state index contributed by atoms with van der Waals surface area (Å²) in [5.74, 6) is 0.0814. The summed E-state index contributed by atoms with van der Waals surface area (Å²) < 4.78 is 9.80. The molecule has 0 radical (unpaired) electrons. The van der Waals surface area contributed by atoms with Crippen LogP contribution in [0.1, 0.15) is 21.6 Å². The SMILES string of the molecule is Cc1c(C(=O)c2ccc(-n3cccc3)cc2)c2ccccc2n1CCN1CCOCC1. The fourth-order valence-corrected chi connectivity index (χ4v) is 4.51. The number of benzene rings is 2. The molecule has 5 nitrogen and oxygen atoms in total. The van der Waals surface area contributed by atoms with Crippen LogP contribution in [-0.2, 0) is 11.3 Å². The summed E-state index contributed by atoms with van der Waals surface area (Å²) in [6, 6.07) is 20.1. The van der Waals surface area contributed by atoms with Gasteiger partial charge in [-0.05, 0) is 49.4 Å². The van der Waals surface area contributed by atoms with Crippen LogP contribution >= 0.6 is 0 Å². The highest BCUT2D eigenvalue weighted by molar-refractivity contribution is 6.17. The zero-order valence-electron chi connectivity index (χ0n) is 17.8. The van der Waals surface area contributed by atoms with Crippen molar-refractivity contribution in [3.05, 3.63) is 89.9 Å². The van der Waals surface area contributed by atoms with Gasteiger partial charge in [0.05, 0.1) is 18.8 Å². The van der Waals surface area contributed by atoms with Crippen molar-refractivity contribution in [3.8, 4) is 5.69 Å². The summed E-state index contributed by atoms with van der Waals surface area (Å²) in [6.07, 6.45) is 4.01. The Bertz CT molecular complexity index is 1180. The smallest absolute Gasteiger partial charge is 0.195 e. The molecule has 0 N–H and O–H groups in total. The van der Waals surface area contributed by atoms with Gasteiger partial charge in [0.2, 0.25) is 0 Å². The van der Waals surface area contributed by atoms with Crippen LogP contribution < -0.4 is 0 Å². The molecule has 0 atom stereocenters. The van der Waals surface area contributed by atoms with Crippen molar-refractivity contribution in [2.75, 3.05) is 32.8 Å². The van der Waals surface area contributed by atoms with Gasteiger partial charge in [0.25, 0.3) is 0 Å². The second kappa shape index (κ2) is 8.53. The molecule has 0 unspecified atom stereocenters. The number of carbonyl (C=O) groups is 1. The Morgan fingerprint density at radius 3 is 2.35 bits per heavy atom. The zero-order chi connectivity index (χ0) is 21.2. The Morgan fingerprint density at radius 1 is 0.903 bits per heavy atom. The van der Waals surface area contributed by atoms with Crippen molar-refractivity contribution < 1.29 is 9.53 Å². The Labute approximate surface area is 182 Å². The average molecular weight is 414 g/mol. The van der Waals surface area contributed by atoms with Crippen LogP contribution in [0.5, 0.6) is 0 Å². The molecule has 31 heavy (non-hydrogen) atoms. The standard InChI is InChI=1S/C26H27N3O2/c1-20-25(26(30)21-8-10-22(11-9-21)28-12-4-5-13-28)23-6-2-3-7-24(23)29(20)15-14-27-16-18-31-19-17-27/h2-13H,14-19H2,1H3. The maximum Gasteiger partial charge on any atom is 0.195 e. The lowest BCUT2D eigenvalue weighted by Gasteiger charge is -2.27. The fourth-order valence-electron chi connectivity index (χ4n) is 4.51. The quantitative estimate of drug-likeness (QED) is 0.443. The van der Waals surface area contributed by atoms with Gasteiger partial charge in [-0.2, -0.15) is 0 Å². The number of ether oxygens (including phenoxy) is 1. The number of ketones is 1. The van der Waals surface area contributed by atoms with Gasteiger partial charge in [0, 0.05) is 66.4 Å². The molecular formula is C26H27N3O2. The molecule has 3 heterocycles. The van der Waals surface area contributed by atoms with E-state index in [4.69, 9.17) is 4.74 Å². The first kappa shape index (κ1) is 19.8. The van der Waals surface area contributed by atoms with Gasteiger partial charge in [0.15, 0.2) is 5.78 Å². The lowest BCUT2D eigenvalue weighted by atomic mass is 10.0. The van der Waals surface area contributed by atoms with E-state index in [2.05, 4.69) is 28.5 Å². The minimum Gasteiger partial charge on any atom is -0.379 e. The number of nitrogens with zero attached hydrogens (tertiary/aromatic N) is 3. The van der Waals surface area contributed by atoms with Gasteiger partial charge in [-0.25, -0.2) is 0 Å². The number of hydrogen-bond donors (Lipinski definition) is 0. The first-order valence-electron chi connectivity index (χ1n) is 10.9. The topological polar surface area (TPSA) is 39.4 Å². The third-order valence-electron chi connectivity index (χ3n) is 6.23. The molecule has 1 fully saturated rings. The van der Waals surface area contributed by atoms with E-state index in [9.17, 15) is 4.79 Å². The molecule has 1 aliphatic rings. The molecule has 0 aliphatic carbocycles. The molecule has 1 saturated heterocycles. The molecule has 1 aliphatic heterocycles. The highest BCUT2D eigenvalue weighted by atomic mass is 16.5. The number of fused-ring (bicyclic) bond motifs is 1. The number of hydrogen-bond acceptors (Lipinski definition) is 3. The highest BCUT2D eigenvalue weighted by Crippen LogP contribution is 2.28. The molecule has 5 heteroatoms. The number of para-hydroxylation sites is 1. The number of carbonyl (C=O) groups excluding carboxylic acids is 1. The van der Waals surface area contributed by atoms with Crippen molar-refractivity contribution in [2.24, 2.45) is 0 Å². The van der Waals surface area contributed by atoms with E-state index >= 15 is 0 Å². The zero-order valence-corrected chi connectivity index (χ0v) is 17.8. The summed E-state index contributed by atoms with van der Waals surface area (Å²) in [7, 11) is 0. The van der Waals surface area contributed by atoms with E-state index in [1.807, 2.05) is 65.5 Å². The predicted molar refractivity (Wildman–Crippen MR) is 123 cm³/mol. The van der Waals surface area contributed by atoms with Crippen molar-refractivity contribution >= 4 is 16.7 Å². The number of morpholine rings is 1. The normalized spacial score (nSPS) is 14.9. The van der Waals surface area contributed by atoms with Crippen molar-refractivity contribution in [3.63, 3.8) is 0 Å². The van der Waals surface area contributed by atoms with Crippen molar-refractivity contribution in [1.82, 2.24) is 14.0 Å². The van der Waals surface area contributed by atoms with Crippen LogP contribution in [0.3, 0.4) is 0 Å². The number of rotatable bonds is 6. The van der Waals surface area contributed by atoms with Crippen molar-refractivity contribution in [2.45, 2.75) is 13.5 Å². The van der Waals surface area contributed by atoms with Gasteiger partial charge in [-0.3, -0.25) is 9.69 Å². The van der Waals surface area contributed by atoms with Gasteiger partial charge in [-0.15, -0.1) is 0 Å². The molecule has 0 saturated carbocycles. The molecule has 2 aromatic carbocycles. The van der Waals surface area contributed by atoms with Crippen LogP contribution in [0, 0.1) is 6.92 Å². The second-order valence-electron chi connectivity index (χ2n) is 8.05. The van der Waals surface area contributed by atoms with Crippen molar-refractivity contribution in [1.29, 1.82) is 0 Å². The monoisotopic (exact) mass is 413 g/mol. The fraction of sp³-hybridized carbons (Fsp3) is 0.269. The van der Waals surface area contributed by atoms with Crippen LogP contribution in [0.15, 0.2) is 73.1 Å². The summed E-state index contributed by atoms with van der Waals surface area (Å²) in [6.45, 7) is 7.44. The predicted octanol–water partition coefficient (Wildman–Crippen LogP) is 4.30. The van der Waals surface area contributed by atoms with E-state index in [0.29, 0.717) is 0 Å². The third kappa shape index (κ3) is 3.82. The Morgan fingerprint density at radius 2 is 1.61 bits per heavy atom. The highest BCUT2D eigenvalue weighted by Gasteiger charge is 2.21. The minimum absolute atomic E-state index is 0.0814. The molecule has 4 aromatic rings. The molecule has 0 amide bonds. The molecule has 158 valence electrons. The Kier molecular flexibility index (Phi) is 5.45. The molecular weight excluding hydrogens is 386 g/mol. The summed E-state index contributed by atoms with van der Waals surface area (Å²) in [5, 5.41) is 1.03. The van der Waals surface area contributed by atoms with Crippen LogP contribution in [0.4, 0.5) is 0 Å². The molecule has 2 aromatic heterocycles. The maximum absolute atomic E-state index is 13.6. The molecule has 0 spiro atoms. The Hall–Kier alpha value is -3.15. The number of aromatic nitrogens is 2. The van der Waals surface area contributed by atoms with Gasteiger partial charge >= 0.3 is 0 Å². The lowest BCUT2D eigenvalue weighted by molar-refractivity contribution is 0.0365. The van der Waals surface area contributed by atoms with Gasteiger partial charge in [0.1, 0.15) is 0 Å². The van der Waals surface area contributed by atoms with E-state index < -0.39 is 0 Å². The van der Waals surface area contributed by atoms with Crippen LogP contribution in [0.25, 0.3) is 16.6 Å². The molecule has 5 rings (SSSR count). The maximum atomic E-state index is 13.6. The van der Waals surface area contributed by atoms with Gasteiger partial charge in [-0.1, -0.05) is 18.2 Å². The van der Waals surface area contributed by atoms with Crippen LogP contribution in [0.2, 0.25) is 0 Å². The minimum atomic E-state index is 0.0814. The van der Waals surface area contributed by atoms with E-state index in [1.54, 1.807) is 0 Å². The van der Waals surface area contributed by atoms with E-state index in [1.165, 1.54) is 0 Å². The summed E-state index contributed by atoms with van der Waals surface area (Å²) >= 11 is 0. The average Bonchev–Trinajstić information content (AvgIpc) is 3.45. The lowest BCUT2D eigenvalue weighted by Crippen LogP contribution is -2.38. The first-order chi connectivity index (χ1) is 15.2. The largest absolute Gasteiger partial charge is 0.379 e. The third-order valence-corrected chi connectivity index (χ3v) is 6.23. The van der Waals surface area contributed by atoms with Crippen LogP contribution in [-0.4, -0.2) is 52.7 Å². The molecule has 0 bridgehead atoms.